The first-order valence-electron chi connectivity index (χ1n) is 5.84. The molecule has 0 bridgehead atoms. The van der Waals surface area contributed by atoms with Crippen LogP contribution in [0.4, 0.5) is 5.69 Å². The summed E-state index contributed by atoms with van der Waals surface area (Å²) in [7, 11) is 0. The van der Waals surface area contributed by atoms with Gasteiger partial charge in [0.15, 0.2) is 0 Å². The molecule has 1 heterocycles. The third kappa shape index (κ3) is 3.41. The molecule has 94 valence electrons. The number of rotatable bonds is 4. The Labute approximate surface area is 106 Å². The molecule has 1 N–H and O–H groups in total. The molecule has 5 heteroatoms. The van der Waals surface area contributed by atoms with E-state index in [-0.39, 0.29) is 5.91 Å². The molecule has 0 aliphatic heterocycles. The SMILES string of the molecule is Cc1cc(C)cc(NC(=O)CCn2cncn2)c1. The fourth-order valence-corrected chi connectivity index (χ4v) is 1.83. The number of benzene rings is 1. The molecule has 0 atom stereocenters. The van der Waals surface area contributed by atoms with E-state index < -0.39 is 0 Å². The van der Waals surface area contributed by atoms with Gasteiger partial charge in [-0.05, 0) is 37.1 Å². The molecule has 1 aromatic heterocycles. The number of nitrogens with one attached hydrogen (secondary N) is 1. The number of hydrogen-bond donors (Lipinski definition) is 1. The van der Waals surface area contributed by atoms with Gasteiger partial charge in [-0.15, -0.1) is 0 Å². The van der Waals surface area contributed by atoms with Crippen LogP contribution in [0, 0.1) is 13.8 Å². The minimum atomic E-state index is -0.0181. The van der Waals surface area contributed by atoms with Crippen LogP contribution in [0.15, 0.2) is 30.9 Å². The van der Waals surface area contributed by atoms with Crippen LogP contribution in [0.2, 0.25) is 0 Å². The van der Waals surface area contributed by atoms with Crippen molar-refractivity contribution < 1.29 is 4.79 Å². The third-order valence-electron chi connectivity index (χ3n) is 2.54. The fourth-order valence-electron chi connectivity index (χ4n) is 1.83. The number of aryl methyl sites for hydroxylation is 3. The zero-order valence-electron chi connectivity index (χ0n) is 10.6. The Morgan fingerprint density at radius 2 is 2.00 bits per heavy atom. The zero-order chi connectivity index (χ0) is 13.0. The molecule has 1 aromatic carbocycles. The second kappa shape index (κ2) is 5.44. The summed E-state index contributed by atoms with van der Waals surface area (Å²) < 4.78 is 1.64. The molecule has 2 aromatic rings. The standard InChI is InChI=1S/C13H16N4O/c1-10-5-11(2)7-12(6-10)16-13(18)3-4-17-9-14-8-15-17/h5-9H,3-4H2,1-2H3,(H,16,18). The highest BCUT2D eigenvalue weighted by Crippen LogP contribution is 2.13. The van der Waals surface area contributed by atoms with Gasteiger partial charge < -0.3 is 5.32 Å². The molecular formula is C13H16N4O. The number of aromatic nitrogens is 3. The van der Waals surface area contributed by atoms with Gasteiger partial charge in [0.05, 0.1) is 6.54 Å². The summed E-state index contributed by atoms with van der Waals surface area (Å²) in [5.41, 5.74) is 3.12. The molecule has 0 fully saturated rings. The molecule has 0 saturated heterocycles. The third-order valence-corrected chi connectivity index (χ3v) is 2.54. The average molecular weight is 244 g/mol. The first kappa shape index (κ1) is 12.3. The predicted octanol–water partition coefficient (Wildman–Crippen LogP) is 1.92. The van der Waals surface area contributed by atoms with E-state index >= 15 is 0 Å². The fraction of sp³-hybridized carbons (Fsp3) is 0.308. The number of hydrogen-bond acceptors (Lipinski definition) is 3. The number of amides is 1. The van der Waals surface area contributed by atoms with E-state index in [9.17, 15) is 4.79 Å². The molecule has 2 rings (SSSR count). The largest absolute Gasteiger partial charge is 0.326 e. The van der Waals surface area contributed by atoms with E-state index in [1.807, 2.05) is 26.0 Å². The Bertz CT molecular complexity index is 514. The molecule has 18 heavy (non-hydrogen) atoms. The summed E-state index contributed by atoms with van der Waals surface area (Å²) in [4.78, 5) is 15.6. The van der Waals surface area contributed by atoms with Crippen molar-refractivity contribution in [1.82, 2.24) is 14.8 Å². The monoisotopic (exact) mass is 244 g/mol. The average Bonchev–Trinajstić information content (AvgIpc) is 2.77. The van der Waals surface area contributed by atoms with E-state index in [1.165, 1.54) is 6.33 Å². The number of nitrogens with zero attached hydrogens (tertiary/aromatic N) is 3. The van der Waals surface area contributed by atoms with E-state index in [2.05, 4.69) is 21.5 Å². The van der Waals surface area contributed by atoms with Crippen molar-refractivity contribution in [3.63, 3.8) is 0 Å². The van der Waals surface area contributed by atoms with Gasteiger partial charge in [-0.3, -0.25) is 9.48 Å². The molecule has 0 saturated carbocycles. The minimum Gasteiger partial charge on any atom is -0.326 e. The van der Waals surface area contributed by atoms with Crippen LogP contribution in [0.1, 0.15) is 17.5 Å². The van der Waals surface area contributed by atoms with E-state index in [0.29, 0.717) is 13.0 Å². The topological polar surface area (TPSA) is 59.8 Å². The molecule has 0 aliphatic rings. The summed E-state index contributed by atoms with van der Waals surface area (Å²) in [6.45, 7) is 4.56. The number of carbonyl (C=O) groups excluding carboxylic acids is 1. The molecule has 1 amide bonds. The van der Waals surface area contributed by atoms with E-state index in [4.69, 9.17) is 0 Å². The number of carbonyl (C=O) groups is 1. The van der Waals surface area contributed by atoms with Crippen LogP contribution < -0.4 is 5.32 Å². The summed E-state index contributed by atoms with van der Waals surface area (Å²) in [5, 5.41) is 6.83. The van der Waals surface area contributed by atoms with Crippen molar-refractivity contribution in [1.29, 1.82) is 0 Å². The summed E-state index contributed by atoms with van der Waals surface area (Å²) in [5.74, 6) is -0.0181. The quantitative estimate of drug-likeness (QED) is 0.893. The second-order valence-electron chi connectivity index (χ2n) is 4.33. The maximum absolute atomic E-state index is 11.8. The lowest BCUT2D eigenvalue weighted by Crippen LogP contribution is -2.14. The normalized spacial score (nSPS) is 10.3. The van der Waals surface area contributed by atoms with Gasteiger partial charge >= 0.3 is 0 Å². The maximum Gasteiger partial charge on any atom is 0.226 e. The summed E-state index contributed by atoms with van der Waals surface area (Å²) in [6.07, 6.45) is 3.45. The van der Waals surface area contributed by atoms with E-state index in [0.717, 1.165) is 16.8 Å². The first-order valence-corrected chi connectivity index (χ1v) is 5.84. The van der Waals surface area contributed by atoms with Gasteiger partial charge in [0.2, 0.25) is 5.91 Å². The van der Waals surface area contributed by atoms with Gasteiger partial charge in [-0.2, -0.15) is 5.10 Å². The van der Waals surface area contributed by atoms with Crippen LogP contribution in [-0.2, 0) is 11.3 Å². The van der Waals surface area contributed by atoms with Crippen molar-refractivity contribution in [2.24, 2.45) is 0 Å². The van der Waals surface area contributed by atoms with Gasteiger partial charge in [-0.25, -0.2) is 4.98 Å². The Hall–Kier alpha value is -2.17. The molecule has 0 unspecified atom stereocenters. The van der Waals surface area contributed by atoms with Crippen LogP contribution >= 0.6 is 0 Å². The molecule has 0 aliphatic carbocycles. The lowest BCUT2D eigenvalue weighted by atomic mass is 10.1. The molecular weight excluding hydrogens is 228 g/mol. The lowest BCUT2D eigenvalue weighted by Gasteiger charge is -2.07. The Balaban J connectivity index is 1.90. The van der Waals surface area contributed by atoms with Crippen LogP contribution in [-0.4, -0.2) is 20.7 Å². The van der Waals surface area contributed by atoms with Crippen molar-refractivity contribution in [3.8, 4) is 0 Å². The summed E-state index contributed by atoms with van der Waals surface area (Å²) in [6, 6.07) is 5.99. The molecule has 5 nitrogen and oxygen atoms in total. The smallest absolute Gasteiger partial charge is 0.226 e. The highest BCUT2D eigenvalue weighted by Gasteiger charge is 2.04. The van der Waals surface area contributed by atoms with Crippen molar-refractivity contribution in [2.75, 3.05) is 5.32 Å². The van der Waals surface area contributed by atoms with E-state index in [1.54, 1.807) is 11.0 Å². The second-order valence-corrected chi connectivity index (χ2v) is 4.33. The van der Waals surface area contributed by atoms with Gasteiger partial charge in [-0.1, -0.05) is 6.07 Å². The first-order chi connectivity index (χ1) is 8.63. The number of anilines is 1. The maximum atomic E-state index is 11.8. The summed E-state index contributed by atoms with van der Waals surface area (Å²) >= 11 is 0. The van der Waals surface area contributed by atoms with Gasteiger partial charge in [0.25, 0.3) is 0 Å². The zero-order valence-corrected chi connectivity index (χ0v) is 10.6. The molecule has 0 radical (unpaired) electrons. The van der Waals surface area contributed by atoms with Gasteiger partial charge in [0, 0.05) is 12.1 Å². The highest BCUT2D eigenvalue weighted by molar-refractivity contribution is 5.90. The molecule has 0 spiro atoms. The van der Waals surface area contributed by atoms with Crippen LogP contribution in [0.25, 0.3) is 0 Å². The Morgan fingerprint density at radius 3 is 2.61 bits per heavy atom. The minimum absolute atomic E-state index is 0.0181. The van der Waals surface area contributed by atoms with Crippen molar-refractivity contribution in [3.05, 3.63) is 42.0 Å². The van der Waals surface area contributed by atoms with Gasteiger partial charge in [0.1, 0.15) is 12.7 Å². The lowest BCUT2D eigenvalue weighted by molar-refractivity contribution is -0.116. The Morgan fingerprint density at radius 1 is 1.28 bits per heavy atom. The van der Waals surface area contributed by atoms with Crippen molar-refractivity contribution >= 4 is 11.6 Å². The van der Waals surface area contributed by atoms with Crippen LogP contribution in [0.5, 0.6) is 0 Å². The Kier molecular flexibility index (Phi) is 3.72. The predicted molar refractivity (Wildman–Crippen MR) is 69.2 cm³/mol. The van der Waals surface area contributed by atoms with Crippen LogP contribution in [0.3, 0.4) is 0 Å². The van der Waals surface area contributed by atoms with Crippen molar-refractivity contribution in [2.45, 2.75) is 26.8 Å². The highest BCUT2D eigenvalue weighted by atomic mass is 16.1.